The second-order valence-corrected chi connectivity index (χ2v) is 10.7. The third-order valence-corrected chi connectivity index (χ3v) is 8.03. The Bertz CT molecular complexity index is 1650. The van der Waals surface area contributed by atoms with Gasteiger partial charge in [-0.1, -0.05) is 48.0 Å². The molecule has 3 aromatic carbocycles. The summed E-state index contributed by atoms with van der Waals surface area (Å²) in [5.41, 5.74) is 3.60. The zero-order valence-corrected chi connectivity index (χ0v) is 23.2. The lowest BCUT2D eigenvalue weighted by Crippen LogP contribution is -2.33. The molecule has 0 fully saturated rings. The molecule has 41 heavy (non-hydrogen) atoms. The van der Waals surface area contributed by atoms with E-state index in [-0.39, 0.29) is 21.9 Å². The Morgan fingerprint density at radius 2 is 2.00 bits per heavy atom. The van der Waals surface area contributed by atoms with Crippen LogP contribution in [0.5, 0.6) is 5.75 Å². The average Bonchev–Trinajstić information content (AvgIpc) is 3.63. The molecule has 0 radical (unpaired) electrons. The molecule has 1 spiro atoms. The Balaban J connectivity index is 1.26. The van der Waals surface area contributed by atoms with Gasteiger partial charge in [0, 0.05) is 35.3 Å². The van der Waals surface area contributed by atoms with Crippen LogP contribution >= 0.6 is 11.6 Å². The number of carbonyl (C=O) groups excluding carboxylic acids is 2. The third-order valence-electron chi connectivity index (χ3n) is 7.70. The number of fused-ring (bicyclic) bond motifs is 1. The summed E-state index contributed by atoms with van der Waals surface area (Å²) in [6.45, 7) is 2.15. The van der Waals surface area contributed by atoms with E-state index in [1.54, 1.807) is 18.2 Å². The van der Waals surface area contributed by atoms with Crippen molar-refractivity contribution in [3.05, 3.63) is 112 Å². The fourth-order valence-corrected chi connectivity index (χ4v) is 5.83. The Kier molecular flexibility index (Phi) is 7.09. The predicted molar refractivity (Wildman–Crippen MR) is 159 cm³/mol. The summed E-state index contributed by atoms with van der Waals surface area (Å²) >= 11 is 6.10. The van der Waals surface area contributed by atoms with E-state index in [9.17, 15) is 14.0 Å². The minimum atomic E-state index is -0.588. The smallest absolute Gasteiger partial charge is 0.258 e. The van der Waals surface area contributed by atoms with Gasteiger partial charge in [0.2, 0.25) is 0 Å². The minimum absolute atomic E-state index is 0.00192. The van der Waals surface area contributed by atoms with Crippen LogP contribution in [0, 0.1) is 11.2 Å². The number of para-hydroxylation sites is 1. The maximum Gasteiger partial charge on any atom is 0.258 e. The van der Waals surface area contributed by atoms with Crippen LogP contribution in [0.1, 0.15) is 32.7 Å². The van der Waals surface area contributed by atoms with Gasteiger partial charge >= 0.3 is 0 Å². The molecule has 6 rings (SSSR count). The van der Waals surface area contributed by atoms with Crippen molar-refractivity contribution in [1.29, 1.82) is 0 Å². The number of nitrogens with zero attached hydrogens (tertiary/aromatic N) is 2. The van der Waals surface area contributed by atoms with Gasteiger partial charge in [-0.3, -0.25) is 14.6 Å². The zero-order valence-electron chi connectivity index (χ0n) is 22.4. The van der Waals surface area contributed by atoms with Gasteiger partial charge in [-0.05, 0) is 60.9 Å². The molecular weight excluding hydrogens is 543 g/mol. The summed E-state index contributed by atoms with van der Waals surface area (Å²) in [6.07, 6.45) is 8.17. The molecule has 9 heteroatoms. The standard InChI is InChI=1S/C32H28ClFN4O3/c1-41-28-16-20(6-9-26(28)37-30(39)24-17-23(34)7-8-25(24)33)31(40)38-15-12-32(18-21-4-2-3-5-27(21)38)11-10-22(19-32)29-35-13-14-36-29/h2-11,16-17,19H,12-15,18H2,1H3,(H,35,36)(H,37,39)/t32-/m0/s1. The van der Waals surface area contributed by atoms with Crippen LogP contribution in [-0.2, 0) is 6.42 Å². The van der Waals surface area contributed by atoms with Gasteiger partial charge in [0.1, 0.15) is 17.4 Å². The van der Waals surface area contributed by atoms with E-state index in [0.29, 0.717) is 23.5 Å². The molecule has 2 heterocycles. The molecule has 3 aliphatic rings. The number of anilines is 2. The largest absolute Gasteiger partial charge is 0.495 e. The molecule has 0 saturated heterocycles. The van der Waals surface area contributed by atoms with Crippen molar-refractivity contribution in [3.8, 4) is 5.75 Å². The summed E-state index contributed by atoms with van der Waals surface area (Å²) < 4.78 is 19.2. The van der Waals surface area contributed by atoms with Crippen LogP contribution in [0.2, 0.25) is 5.02 Å². The number of methoxy groups -OCH3 is 1. The molecule has 0 saturated carbocycles. The monoisotopic (exact) mass is 570 g/mol. The molecule has 2 N–H and O–H groups in total. The highest BCUT2D eigenvalue weighted by Crippen LogP contribution is 2.43. The zero-order chi connectivity index (χ0) is 28.6. The quantitative estimate of drug-likeness (QED) is 0.405. The lowest BCUT2D eigenvalue weighted by molar-refractivity contribution is 0.0984. The first kappa shape index (κ1) is 26.8. The molecule has 2 aliphatic heterocycles. The number of amides is 2. The highest BCUT2D eigenvalue weighted by atomic mass is 35.5. The number of aliphatic imine (C=N–C) groups is 1. The molecule has 0 unspecified atom stereocenters. The number of hydrogen-bond donors (Lipinski definition) is 2. The topological polar surface area (TPSA) is 83.0 Å². The first-order chi connectivity index (χ1) is 19.9. The maximum absolute atomic E-state index is 14.0. The number of hydrogen-bond acceptors (Lipinski definition) is 5. The van der Waals surface area contributed by atoms with Gasteiger partial charge in [0.05, 0.1) is 29.9 Å². The molecule has 1 atom stereocenters. The maximum atomic E-state index is 14.0. The summed E-state index contributed by atoms with van der Waals surface area (Å²) in [7, 11) is 1.46. The number of benzene rings is 3. The first-order valence-electron chi connectivity index (χ1n) is 13.4. The number of rotatable bonds is 5. The number of nitrogens with one attached hydrogen (secondary N) is 2. The Labute approximate surface area is 242 Å². The number of halogens is 2. The SMILES string of the molecule is COc1cc(C(=O)N2CC[C@@]3(C=CC(C4=NCCN4)=C3)Cc3ccccc32)ccc1NC(=O)c1cc(F)ccc1Cl. The molecule has 0 aromatic heterocycles. The van der Waals surface area contributed by atoms with E-state index in [4.69, 9.17) is 16.3 Å². The lowest BCUT2D eigenvalue weighted by Gasteiger charge is -2.25. The van der Waals surface area contributed by atoms with Crippen LogP contribution in [0.15, 0.2) is 89.5 Å². The summed E-state index contributed by atoms with van der Waals surface area (Å²) in [5.74, 6) is -0.105. The van der Waals surface area contributed by atoms with Gasteiger partial charge in [-0.25, -0.2) is 4.39 Å². The fraction of sp³-hybridized carbons (Fsp3) is 0.219. The van der Waals surface area contributed by atoms with Crippen molar-refractivity contribution in [2.45, 2.75) is 12.8 Å². The number of carbonyl (C=O) groups is 2. The van der Waals surface area contributed by atoms with Gasteiger partial charge in [0.15, 0.2) is 0 Å². The van der Waals surface area contributed by atoms with Crippen molar-refractivity contribution in [3.63, 3.8) is 0 Å². The van der Waals surface area contributed by atoms with E-state index >= 15 is 0 Å². The van der Waals surface area contributed by atoms with Crippen molar-refractivity contribution in [1.82, 2.24) is 5.32 Å². The summed E-state index contributed by atoms with van der Waals surface area (Å²) in [6, 6.07) is 16.4. The third kappa shape index (κ3) is 5.23. The van der Waals surface area contributed by atoms with Gasteiger partial charge in [-0.2, -0.15) is 0 Å². The van der Waals surface area contributed by atoms with Crippen molar-refractivity contribution in [2.75, 3.05) is 37.0 Å². The van der Waals surface area contributed by atoms with Crippen LogP contribution in [0.4, 0.5) is 15.8 Å². The van der Waals surface area contributed by atoms with Crippen LogP contribution in [-0.4, -0.2) is 44.4 Å². The Morgan fingerprint density at radius 3 is 2.80 bits per heavy atom. The fourth-order valence-electron chi connectivity index (χ4n) is 5.63. The summed E-state index contributed by atoms with van der Waals surface area (Å²) in [4.78, 5) is 33.2. The highest BCUT2D eigenvalue weighted by molar-refractivity contribution is 6.34. The highest BCUT2D eigenvalue weighted by Gasteiger charge is 2.36. The molecule has 7 nitrogen and oxygen atoms in total. The lowest BCUT2D eigenvalue weighted by atomic mass is 9.80. The van der Waals surface area contributed by atoms with Crippen molar-refractivity contribution >= 4 is 40.6 Å². The minimum Gasteiger partial charge on any atom is -0.495 e. The molecule has 3 aromatic rings. The Morgan fingerprint density at radius 1 is 1.15 bits per heavy atom. The van der Waals surface area contributed by atoms with E-state index in [2.05, 4.69) is 39.9 Å². The first-order valence-corrected chi connectivity index (χ1v) is 13.8. The number of ether oxygens (including phenoxy) is 1. The Hall–Kier alpha value is -4.43. The molecule has 2 amide bonds. The van der Waals surface area contributed by atoms with E-state index < -0.39 is 11.7 Å². The number of allylic oxidation sites excluding steroid dienone is 2. The van der Waals surface area contributed by atoms with E-state index in [0.717, 1.165) is 54.7 Å². The van der Waals surface area contributed by atoms with Crippen molar-refractivity contribution in [2.24, 2.45) is 10.4 Å². The number of amidine groups is 1. The second-order valence-electron chi connectivity index (χ2n) is 10.3. The normalized spacial score (nSPS) is 19.2. The van der Waals surface area contributed by atoms with Crippen LogP contribution < -0.4 is 20.3 Å². The molecule has 0 bridgehead atoms. The van der Waals surface area contributed by atoms with Gasteiger partial charge in [-0.15, -0.1) is 0 Å². The molecule has 208 valence electrons. The van der Waals surface area contributed by atoms with Gasteiger partial charge in [0.25, 0.3) is 11.8 Å². The van der Waals surface area contributed by atoms with Crippen LogP contribution in [0.25, 0.3) is 0 Å². The molecule has 1 aliphatic carbocycles. The van der Waals surface area contributed by atoms with Crippen molar-refractivity contribution < 1.29 is 18.7 Å². The van der Waals surface area contributed by atoms with E-state index in [1.165, 1.54) is 19.2 Å². The average molecular weight is 571 g/mol. The second kappa shape index (κ2) is 10.9. The summed E-state index contributed by atoms with van der Waals surface area (Å²) in [5, 5.41) is 6.18. The van der Waals surface area contributed by atoms with Gasteiger partial charge < -0.3 is 20.3 Å². The molecular formula is C32H28ClFN4O3. The van der Waals surface area contributed by atoms with E-state index in [1.807, 2.05) is 23.1 Å². The predicted octanol–water partition coefficient (Wildman–Crippen LogP) is 5.82. The van der Waals surface area contributed by atoms with Crippen LogP contribution in [0.3, 0.4) is 0 Å².